The van der Waals surface area contributed by atoms with E-state index in [4.69, 9.17) is 9.84 Å². The van der Waals surface area contributed by atoms with Gasteiger partial charge in [-0.2, -0.15) is 0 Å². The Kier molecular flexibility index (Phi) is 7.82. The largest absolute Gasteiger partial charge is 0.481 e. The summed E-state index contributed by atoms with van der Waals surface area (Å²) in [5.74, 6) is -1.12. The van der Waals surface area contributed by atoms with Crippen LogP contribution in [0, 0.1) is 11.8 Å². The van der Waals surface area contributed by atoms with Crippen molar-refractivity contribution in [2.45, 2.75) is 44.8 Å². The summed E-state index contributed by atoms with van der Waals surface area (Å²) < 4.78 is 5.72. The smallest absolute Gasteiger partial charge is 0.303 e. The van der Waals surface area contributed by atoms with Crippen LogP contribution in [0.15, 0.2) is 42.5 Å². The molecule has 1 aromatic rings. The number of hydrogen-bond acceptors (Lipinski definition) is 4. The van der Waals surface area contributed by atoms with Crippen molar-refractivity contribution in [3.05, 3.63) is 48.0 Å². The highest BCUT2D eigenvalue weighted by Gasteiger charge is 2.40. The van der Waals surface area contributed by atoms with E-state index in [9.17, 15) is 14.7 Å². The summed E-state index contributed by atoms with van der Waals surface area (Å²) in [6, 6.07) is 9.80. The third kappa shape index (κ3) is 6.44. The maximum absolute atomic E-state index is 12.1. The Labute approximate surface area is 148 Å². The standard InChI is InChI=1S/C20H26O5/c21-18-12-19(22)17(14-25-13-15-8-4-3-5-9-15)16(18)10-6-1-2-7-11-20(23)24/h1,3-6,8-9,16-17,19,22H,2,7,10-14H2,(H,23,24)/b6-1-. The van der Waals surface area contributed by atoms with Crippen LogP contribution in [-0.2, 0) is 20.9 Å². The van der Waals surface area contributed by atoms with Crippen molar-refractivity contribution in [1.82, 2.24) is 0 Å². The number of benzene rings is 1. The number of ketones is 1. The molecule has 1 fully saturated rings. The molecule has 0 saturated heterocycles. The second-order valence-electron chi connectivity index (χ2n) is 6.50. The fourth-order valence-corrected chi connectivity index (χ4v) is 3.17. The number of unbranched alkanes of at least 4 members (excludes halogenated alkanes) is 1. The van der Waals surface area contributed by atoms with E-state index in [1.165, 1.54) is 0 Å². The van der Waals surface area contributed by atoms with Gasteiger partial charge in [-0.25, -0.2) is 0 Å². The van der Waals surface area contributed by atoms with E-state index in [-0.39, 0.29) is 30.5 Å². The van der Waals surface area contributed by atoms with Gasteiger partial charge in [0, 0.05) is 24.7 Å². The van der Waals surface area contributed by atoms with Crippen LogP contribution in [0.1, 0.15) is 37.7 Å². The van der Waals surface area contributed by atoms with Crippen LogP contribution in [0.5, 0.6) is 0 Å². The SMILES string of the molecule is O=C(O)CCC/C=C\CC1C(=O)CC(O)C1COCc1ccccc1. The Morgan fingerprint density at radius 2 is 2.00 bits per heavy atom. The molecule has 0 radical (unpaired) electrons. The number of aliphatic hydroxyl groups is 1. The minimum Gasteiger partial charge on any atom is -0.481 e. The molecule has 0 spiro atoms. The summed E-state index contributed by atoms with van der Waals surface area (Å²) in [5, 5.41) is 18.7. The number of carbonyl (C=O) groups is 2. The Morgan fingerprint density at radius 3 is 2.72 bits per heavy atom. The van der Waals surface area contributed by atoms with Crippen LogP contribution < -0.4 is 0 Å². The molecule has 0 bridgehead atoms. The minimum absolute atomic E-state index is 0.0796. The van der Waals surface area contributed by atoms with Gasteiger partial charge in [-0.05, 0) is 24.8 Å². The number of Topliss-reactive ketones (excluding diaryl/α,β-unsaturated/α-hetero) is 1. The van der Waals surface area contributed by atoms with Crippen LogP contribution in [0.25, 0.3) is 0 Å². The maximum Gasteiger partial charge on any atom is 0.303 e. The molecule has 2 N–H and O–H groups in total. The lowest BCUT2D eigenvalue weighted by Gasteiger charge is -2.20. The average Bonchev–Trinajstić information content (AvgIpc) is 2.85. The predicted octanol–water partition coefficient (Wildman–Crippen LogP) is 2.97. The highest BCUT2D eigenvalue weighted by atomic mass is 16.5. The number of aliphatic carboxylic acids is 1. The molecule has 136 valence electrons. The number of hydrogen-bond donors (Lipinski definition) is 2. The van der Waals surface area contributed by atoms with Gasteiger partial charge in [0.05, 0.1) is 19.3 Å². The normalized spacial score (nSPS) is 23.4. The van der Waals surface area contributed by atoms with E-state index in [2.05, 4.69) is 0 Å². The van der Waals surface area contributed by atoms with E-state index in [1.54, 1.807) is 0 Å². The Hall–Kier alpha value is -1.98. The van der Waals surface area contributed by atoms with Crippen molar-refractivity contribution >= 4 is 11.8 Å². The van der Waals surface area contributed by atoms with Crippen molar-refractivity contribution in [2.75, 3.05) is 6.61 Å². The summed E-state index contributed by atoms with van der Waals surface area (Å²) in [5.41, 5.74) is 1.07. The number of aliphatic hydroxyl groups excluding tert-OH is 1. The van der Waals surface area contributed by atoms with E-state index in [0.29, 0.717) is 32.5 Å². The van der Waals surface area contributed by atoms with Crippen LogP contribution in [-0.4, -0.2) is 34.7 Å². The summed E-state index contributed by atoms with van der Waals surface area (Å²) in [6.07, 6.45) is 5.39. The van der Waals surface area contributed by atoms with Crippen LogP contribution in [0.4, 0.5) is 0 Å². The lowest BCUT2D eigenvalue weighted by atomic mass is 9.91. The van der Waals surface area contributed by atoms with E-state index in [1.807, 2.05) is 42.5 Å². The fraction of sp³-hybridized carbons (Fsp3) is 0.500. The quantitative estimate of drug-likeness (QED) is 0.503. The van der Waals surface area contributed by atoms with Crippen molar-refractivity contribution < 1.29 is 24.5 Å². The van der Waals surface area contributed by atoms with Gasteiger partial charge < -0.3 is 14.9 Å². The molecule has 1 aliphatic rings. The molecule has 0 heterocycles. The zero-order valence-electron chi connectivity index (χ0n) is 14.3. The molecule has 0 aliphatic heterocycles. The van der Waals surface area contributed by atoms with Gasteiger partial charge in [0.1, 0.15) is 5.78 Å². The first-order chi connectivity index (χ1) is 12.1. The van der Waals surface area contributed by atoms with Crippen molar-refractivity contribution in [3.63, 3.8) is 0 Å². The van der Waals surface area contributed by atoms with Gasteiger partial charge >= 0.3 is 5.97 Å². The van der Waals surface area contributed by atoms with Gasteiger partial charge in [0.2, 0.25) is 0 Å². The van der Waals surface area contributed by atoms with Crippen molar-refractivity contribution in [3.8, 4) is 0 Å². The minimum atomic E-state index is -0.793. The summed E-state index contributed by atoms with van der Waals surface area (Å²) in [6.45, 7) is 0.829. The number of rotatable bonds is 10. The van der Waals surface area contributed by atoms with Crippen LogP contribution in [0.2, 0.25) is 0 Å². The number of carboxylic acid groups (broad SMARTS) is 1. The molecule has 0 amide bonds. The van der Waals surface area contributed by atoms with E-state index in [0.717, 1.165) is 5.56 Å². The van der Waals surface area contributed by atoms with Crippen LogP contribution in [0.3, 0.4) is 0 Å². The number of carboxylic acids is 1. The molecular weight excluding hydrogens is 320 g/mol. The molecule has 0 aromatic heterocycles. The lowest BCUT2D eigenvalue weighted by Crippen LogP contribution is -2.25. The van der Waals surface area contributed by atoms with Gasteiger partial charge in [0.25, 0.3) is 0 Å². The zero-order chi connectivity index (χ0) is 18.1. The summed E-state index contributed by atoms with van der Waals surface area (Å²) >= 11 is 0. The first-order valence-electron chi connectivity index (χ1n) is 8.77. The molecule has 1 aliphatic carbocycles. The van der Waals surface area contributed by atoms with Gasteiger partial charge in [-0.3, -0.25) is 9.59 Å². The molecule has 2 rings (SSSR count). The third-order valence-corrected chi connectivity index (χ3v) is 4.57. The molecule has 1 saturated carbocycles. The zero-order valence-corrected chi connectivity index (χ0v) is 14.3. The summed E-state index contributed by atoms with van der Waals surface area (Å²) in [7, 11) is 0. The predicted molar refractivity (Wildman–Crippen MR) is 94.0 cm³/mol. The Morgan fingerprint density at radius 1 is 1.24 bits per heavy atom. The maximum atomic E-state index is 12.1. The Balaban J connectivity index is 1.77. The van der Waals surface area contributed by atoms with Crippen molar-refractivity contribution in [1.29, 1.82) is 0 Å². The number of allylic oxidation sites excluding steroid dienone is 2. The van der Waals surface area contributed by atoms with Crippen molar-refractivity contribution in [2.24, 2.45) is 11.8 Å². The number of ether oxygens (including phenoxy) is 1. The van der Waals surface area contributed by atoms with E-state index < -0.39 is 12.1 Å². The molecule has 5 nitrogen and oxygen atoms in total. The van der Waals surface area contributed by atoms with Gasteiger partial charge in [0.15, 0.2) is 0 Å². The Bertz CT molecular complexity index is 581. The van der Waals surface area contributed by atoms with Crippen LogP contribution >= 0.6 is 0 Å². The molecular formula is C20H26O5. The first-order valence-corrected chi connectivity index (χ1v) is 8.77. The molecule has 3 atom stereocenters. The highest BCUT2D eigenvalue weighted by molar-refractivity contribution is 5.84. The molecule has 3 unspecified atom stereocenters. The molecule has 25 heavy (non-hydrogen) atoms. The third-order valence-electron chi connectivity index (χ3n) is 4.57. The van der Waals surface area contributed by atoms with E-state index >= 15 is 0 Å². The average molecular weight is 346 g/mol. The summed E-state index contributed by atoms with van der Waals surface area (Å²) in [4.78, 5) is 22.6. The molecule has 5 heteroatoms. The van der Waals surface area contributed by atoms with Gasteiger partial charge in [-0.15, -0.1) is 0 Å². The topological polar surface area (TPSA) is 83.8 Å². The fourth-order valence-electron chi connectivity index (χ4n) is 3.17. The highest BCUT2D eigenvalue weighted by Crippen LogP contribution is 2.32. The number of carbonyl (C=O) groups excluding carboxylic acids is 1. The van der Waals surface area contributed by atoms with Gasteiger partial charge in [-0.1, -0.05) is 42.5 Å². The second-order valence-corrected chi connectivity index (χ2v) is 6.50. The first kappa shape index (κ1) is 19.3. The lowest BCUT2D eigenvalue weighted by molar-refractivity contribution is -0.137. The monoisotopic (exact) mass is 346 g/mol. The molecule has 1 aromatic carbocycles. The second kappa shape index (κ2) is 10.1.